The summed E-state index contributed by atoms with van der Waals surface area (Å²) in [5.74, 6) is -0.449. The van der Waals surface area contributed by atoms with Crippen molar-refractivity contribution < 1.29 is 23.5 Å². The standard InChI is InChI=1S/C13H21N5O5/c1-2-10(20)16-8(5-3-4-6-22-13(15)21)12-18-17-11(23-12)7-9(14)19/h8H,2-7H2,1H3,(H2,14,19)(H2,15,21)(H,16,20)/t8-/m0/s1. The molecule has 0 aromatic carbocycles. The van der Waals surface area contributed by atoms with Crippen LogP contribution >= 0.6 is 0 Å². The molecule has 0 saturated heterocycles. The number of nitrogens with one attached hydrogen (secondary N) is 1. The maximum Gasteiger partial charge on any atom is 0.404 e. The zero-order valence-electron chi connectivity index (χ0n) is 12.9. The predicted octanol–water partition coefficient (Wildman–Crippen LogP) is -0.0697. The molecule has 10 heteroatoms. The van der Waals surface area contributed by atoms with E-state index in [1.54, 1.807) is 6.92 Å². The van der Waals surface area contributed by atoms with Crippen molar-refractivity contribution in [2.45, 2.75) is 45.1 Å². The molecule has 0 spiro atoms. The van der Waals surface area contributed by atoms with Gasteiger partial charge in [-0.05, 0) is 19.3 Å². The van der Waals surface area contributed by atoms with Gasteiger partial charge in [0, 0.05) is 6.42 Å². The van der Waals surface area contributed by atoms with Gasteiger partial charge in [-0.2, -0.15) is 0 Å². The van der Waals surface area contributed by atoms with Crippen molar-refractivity contribution in [3.05, 3.63) is 11.8 Å². The molecule has 1 rings (SSSR count). The first-order valence-corrected chi connectivity index (χ1v) is 7.24. The van der Waals surface area contributed by atoms with Gasteiger partial charge in [-0.25, -0.2) is 4.79 Å². The van der Waals surface area contributed by atoms with Crippen LogP contribution in [0.1, 0.15) is 50.4 Å². The zero-order valence-corrected chi connectivity index (χ0v) is 12.9. The third-order valence-corrected chi connectivity index (χ3v) is 2.89. The summed E-state index contributed by atoms with van der Waals surface area (Å²) in [6, 6.07) is -0.481. The SMILES string of the molecule is CCC(=O)N[C@@H](CCCCOC(N)=O)c1nnc(CC(N)=O)o1. The lowest BCUT2D eigenvalue weighted by Crippen LogP contribution is -2.28. The number of carbonyl (C=O) groups is 3. The van der Waals surface area contributed by atoms with Gasteiger partial charge < -0.3 is 25.9 Å². The average molecular weight is 327 g/mol. The number of aromatic nitrogens is 2. The van der Waals surface area contributed by atoms with Crippen LogP contribution in [0.5, 0.6) is 0 Å². The Morgan fingerprint density at radius 3 is 2.61 bits per heavy atom. The second-order valence-corrected chi connectivity index (χ2v) is 4.81. The van der Waals surface area contributed by atoms with Crippen LogP contribution < -0.4 is 16.8 Å². The van der Waals surface area contributed by atoms with Crippen molar-refractivity contribution >= 4 is 17.9 Å². The Morgan fingerprint density at radius 1 is 1.26 bits per heavy atom. The molecule has 0 aliphatic heterocycles. The monoisotopic (exact) mass is 327 g/mol. The van der Waals surface area contributed by atoms with Gasteiger partial charge in [-0.3, -0.25) is 9.59 Å². The van der Waals surface area contributed by atoms with E-state index in [2.05, 4.69) is 20.3 Å². The third kappa shape index (κ3) is 7.25. The van der Waals surface area contributed by atoms with Crippen molar-refractivity contribution in [1.82, 2.24) is 15.5 Å². The Balaban J connectivity index is 2.60. The van der Waals surface area contributed by atoms with E-state index in [0.29, 0.717) is 25.7 Å². The topological polar surface area (TPSA) is 163 Å². The van der Waals surface area contributed by atoms with Crippen LogP contribution in [-0.4, -0.2) is 34.7 Å². The minimum Gasteiger partial charge on any atom is -0.450 e. The summed E-state index contributed by atoms with van der Waals surface area (Å²) >= 11 is 0. The number of rotatable bonds is 10. The molecule has 10 nitrogen and oxygen atoms in total. The molecular formula is C13H21N5O5. The Bertz CT molecular complexity index is 545. The molecular weight excluding hydrogens is 306 g/mol. The van der Waals surface area contributed by atoms with Crippen LogP contribution in [0.25, 0.3) is 0 Å². The van der Waals surface area contributed by atoms with E-state index < -0.39 is 18.0 Å². The van der Waals surface area contributed by atoms with Gasteiger partial charge in [0.25, 0.3) is 0 Å². The number of nitrogens with two attached hydrogens (primary N) is 2. The Hall–Kier alpha value is -2.65. The summed E-state index contributed by atoms with van der Waals surface area (Å²) in [4.78, 5) is 32.9. The van der Waals surface area contributed by atoms with Crippen LogP contribution in [0.15, 0.2) is 4.42 Å². The van der Waals surface area contributed by atoms with E-state index in [1.807, 2.05) is 0 Å². The molecule has 0 saturated carbocycles. The molecule has 23 heavy (non-hydrogen) atoms. The lowest BCUT2D eigenvalue weighted by Gasteiger charge is -2.14. The van der Waals surface area contributed by atoms with Gasteiger partial charge in [-0.15, -0.1) is 10.2 Å². The van der Waals surface area contributed by atoms with Crippen molar-refractivity contribution in [2.75, 3.05) is 6.61 Å². The fourth-order valence-electron chi connectivity index (χ4n) is 1.80. The fraction of sp³-hybridized carbons (Fsp3) is 0.615. The Morgan fingerprint density at radius 2 is 2.00 bits per heavy atom. The first-order chi connectivity index (χ1) is 10.9. The predicted molar refractivity (Wildman–Crippen MR) is 77.8 cm³/mol. The number of hydrogen-bond acceptors (Lipinski definition) is 7. The minimum absolute atomic E-state index is 0.0975. The van der Waals surface area contributed by atoms with E-state index in [-0.39, 0.29) is 30.7 Å². The third-order valence-electron chi connectivity index (χ3n) is 2.89. The minimum atomic E-state index is -0.825. The summed E-state index contributed by atoms with van der Waals surface area (Å²) in [5, 5.41) is 10.3. The molecule has 0 fully saturated rings. The van der Waals surface area contributed by atoms with Gasteiger partial charge in [0.05, 0.1) is 6.61 Å². The van der Waals surface area contributed by atoms with Crippen LogP contribution in [0.2, 0.25) is 0 Å². The molecule has 3 amide bonds. The smallest absolute Gasteiger partial charge is 0.404 e. The van der Waals surface area contributed by atoms with E-state index in [4.69, 9.17) is 15.9 Å². The number of unbranched alkanes of at least 4 members (excludes halogenated alkanes) is 1. The highest BCUT2D eigenvalue weighted by Crippen LogP contribution is 2.19. The molecule has 1 aromatic heterocycles. The van der Waals surface area contributed by atoms with Crippen molar-refractivity contribution in [1.29, 1.82) is 0 Å². The lowest BCUT2D eigenvalue weighted by atomic mass is 10.1. The zero-order chi connectivity index (χ0) is 17.2. The highest BCUT2D eigenvalue weighted by Gasteiger charge is 2.20. The van der Waals surface area contributed by atoms with Crippen molar-refractivity contribution in [2.24, 2.45) is 11.5 Å². The maximum absolute atomic E-state index is 11.6. The molecule has 5 N–H and O–H groups in total. The number of primary amides is 2. The average Bonchev–Trinajstić information content (AvgIpc) is 2.92. The van der Waals surface area contributed by atoms with Gasteiger partial charge >= 0.3 is 6.09 Å². The number of nitrogens with zero attached hydrogens (tertiary/aromatic N) is 2. The summed E-state index contributed by atoms with van der Waals surface area (Å²) < 4.78 is 9.98. The normalized spacial score (nSPS) is 11.7. The summed E-state index contributed by atoms with van der Waals surface area (Å²) in [5.41, 5.74) is 9.92. The van der Waals surface area contributed by atoms with Crippen molar-refractivity contribution in [3.8, 4) is 0 Å². The van der Waals surface area contributed by atoms with E-state index in [0.717, 1.165) is 0 Å². The Labute approximate surface area is 132 Å². The summed E-state index contributed by atoms with van der Waals surface area (Å²) in [6.07, 6.45) is 1.04. The van der Waals surface area contributed by atoms with E-state index in [1.165, 1.54) is 0 Å². The maximum atomic E-state index is 11.6. The number of hydrogen-bond donors (Lipinski definition) is 3. The summed E-state index contributed by atoms with van der Waals surface area (Å²) in [7, 11) is 0. The van der Waals surface area contributed by atoms with Crippen LogP contribution in [0.4, 0.5) is 4.79 Å². The highest BCUT2D eigenvalue weighted by molar-refractivity contribution is 5.76. The molecule has 128 valence electrons. The summed E-state index contributed by atoms with van der Waals surface area (Å²) in [6.45, 7) is 1.92. The molecule has 0 aliphatic rings. The first-order valence-electron chi connectivity index (χ1n) is 7.24. The molecule has 1 aromatic rings. The molecule has 0 aliphatic carbocycles. The lowest BCUT2D eigenvalue weighted by molar-refractivity contribution is -0.122. The molecule has 0 bridgehead atoms. The number of carbonyl (C=O) groups excluding carboxylic acids is 3. The van der Waals surface area contributed by atoms with Gasteiger partial charge in [-0.1, -0.05) is 6.92 Å². The van der Waals surface area contributed by atoms with Crippen LogP contribution in [0, 0.1) is 0 Å². The molecule has 0 unspecified atom stereocenters. The second-order valence-electron chi connectivity index (χ2n) is 4.81. The first kappa shape index (κ1) is 18.4. The largest absolute Gasteiger partial charge is 0.450 e. The van der Waals surface area contributed by atoms with Gasteiger partial charge in [0.1, 0.15) is 12.5 Å². The van der Waals surface area contributed by atoms with Crippen LogP contribution in [0.3, 0.4) is 0 Å². The molecule has 1 heterocycles. The number of ether oxygens (including phenoxy) is 1. The molecule has 1 atom stereocenters. The highest BCUT2D eigenvalue weighted by atomic mass is 16.5. The quantitative estimate of drug-likeness (QED) is 0.506. The van der Waals surface area contributed by atoms with Gasteiger partial charge in [0.2, 0.25) is 23.6 Å². The van der Waals surface area contributed by atoms with E-state index in [9.17, 15) is 14.4 Å². The number of amides is 3. The van der Waals surface area contributed by atoms with Crippen LogP contribution in [-0.2, 0) is 20.7 Å². The fourth-order valence-corrected chi connectivity index (χ4v) is 1.80. The van der Waals surface area contributed by atoms with E-state index >= 15 is 0 Å². The van der Waals surface area contributed by atoms with Gasteiger partial charge in [0.15, 0.2) is 0 Å². The van der Waals surface area contributed by atoms with Crippen molar-refractivity contribution in [3.63, 3.8) is 0 Å². The molecule has 0 radical (unpaired) electrons. The Kier molecular flexibility index (Phi) is 7.51. The second kappa shape index (κ2) is 9.38.